The van der Waals surface area contributed by atoms with Gasteiger partial charge in [0.2, 0.25) is 0 Å². The maximum absolute atomic E-state index is 8.67. The van der Waals surface area contributed by atoms with E-state index in [-0.39, 0.29) is 6.61 Å². The van der Waals surface area contributed by atoms with Crippen LogP contribution in [0.1, 0.15) is 18.2 Å². The van der Waals surface area contributed by atoms with Crippen LogP contribution < -0.4 is 0 Å². The Morgan fingerprint density at radius 3 is 2.80 bits per heavy atom. The van der Waals surface area contributed by atoms with E-state index in [0.717, 1.165) is 30.9 Å². The first-order valence-electron chi connectivity index (χ1n) is 7.12. The Bertz CT molecular complexity index is 536. The highest BCUT2D eigenvalue weighted by molar-refractivity contribution is 5.82. The second-order valence-electron chi connectivity index (χ2n) is 4.93. The van der Waals surface area contributed by atoms with E-state index in [9.17, 15) is 0 Å². The van der Waals surface area contributed by atoms with Crippen LogP contribution in [0, 0.1) is 0 Å². The Hall–Kier alpha value is -1.36. The Morgan fingerprint density at radius 2 is 2.05 bits per heavy atom. The Morgan fingerprint density at radius 1 is 1.25 bits per heavy atom. The number of nitrogens with zero attached hydrogens (tertiary/aromatic N) is 1. The van der Waals surface area contributed by atoms with Gasteiger partial charge in [0.1, 0.15) is 11.3 Å². The standard InChI is InChI=1S/C16H23NO3/c1-3-15-14(12-17(2)8-10-19-11-9-18)13-6-4-5-7-16(13)20-15/h4-7,18H,3,8-12H2,1-2H3. The van der Waals surface area contributed by atoms with Crippen molar-refractivity contribution >= 4 is 11.0 Å². The number of para-hydroxylation sites is 1. The monoisotopic (exact) mass is 277 g/mol. The fourth-order valence-corrected chi connectivity index (χ4v) is 2.34. The van der Waals surface area contributed by atoms with Crippen molar-refractivity contribution < 1.29 is 14.3 Å². The quantitative estimate of drug-likeness (QED) is 0.753. The topological polar surface area (TPSA) is 45.8 Å². The molecule has 0 aliphatic rings. The number of furan rings is 1. The normalized spacial score (nSPS) is 11.6. The third kappa shape index (κ3) is 3.60. The van der Waals surface area contributed by atoms with Crippen molar-refractivity contribution in [2.75, 3.05) is 33.4 Å². The van der Waals surface area contributed by atoms with Crippen LogP contribution in [-0.4, -0.2) is 43.4 Å². The molecule has 1 aromatic carbocycles. The number of likely N-dealkylation sites (N-methyl/N-ethyl adjacent to an activating group) is 1. The van der Waals surface area contributed by atoms with E-state index in [1.807, 2.05) is 18.2 Å². The third-order valence-corrected chi connectivity index (χ3v) is 3.38. The van der Waals surface area contributed by atoms with E-state index in [1.165, 1.54) is 10.9 Å². The van der Waals surface area contributed by atoms with Crippen molar-refractivity contribution in [1.82, 2.24) is 4.90 Å². The summed E-state index contributed by atoms with van der Waals surface area (Å²) in [5.74, 6) is 1.06. The minimum absolute atomic E-state index is 0.0794. The average molecular weight is 277 g/mol. The van der Waals surface area contributed by atoms with Crippen LogP contribution in [0.4, 0.5) is 0 Å². The molecule has 110 valence electrons. The average Bonchev–Trinajstić information content (AvgIpc) is 2.82. The molecule has 0 spiro atoms. The Kier molecular flexibility index (Phi) is 5.59. The van der Waals surface area contributed by atoms with Crippen molar-refractivity contribution in [3.05, 3.63) is 35.6 Å². The fourth-order valence-electron chi connectivity index (χ4n) is 2.34. The summed E-state index contributed by atoms with van der Waals surface area (Å²) in [6, 6.07) is 8.18. The number of hydrogen-bond donors (Lipinski definition) is 1. The molecule has 0 saturated carbocycles. The van der Waals surface area contributed by atoms with Crippen molar-refractivity contribution in [2.24, 2.45) is 0 Å². The predicted octanol–water partition coefficient (Wildman–Crippen LogP) is 2.44. The lowest BCUT2D eigenvalue weighted by molar-refractivity contribution is 0.0772. The molecule has 0 aliphatic carbocycles. The first-order valence-corrected chi connectivity index (χ1v) is 7.12. The van der Waals surface area contributed by atoms with E-state index in [1.54, 1.807) is 0 Å². The molecule has 1 heterocycles. The van der Waals surface area contributed by atoms with Crippen LogP contribution in [-0.2, 0) is 17.7 Å². The van der Waals surface area contributed by atoms with Crippen molar-refractivity contribution in [1.29, 1.82) is 0 Å². The number of ether oxygens (including phenoxy) is 1. The molecule has 0 bridgehead atoms. The summed E-state index contributed by atoms with van der Waals surface area (Å²) in [7, 11) is 2.07. The highest BCUT2D eigenvalue weighted by Crippen LogP contribution is 2.27. The van der Waals surface area contributed by atoms with Gasteiger partial charge in [-0.25, -0.2) is 0 Å². The molecule has 0 radical (unpaired) electrons. The molecule has 0 saturated heterocycles. The van der Waals surface area contributed by atoms with Gasteiger partial charge in [0.15, 0.2) is 0 Å². The van der Waals surface area contributed by atoms with Crippen LogP contribution in [0.5, 0.6) is 0 Å². The maximum atomic E-state index is 8.67. The van der Waals surface area contributed by atoms with Crippen LogP contribution in [0.3, 0.4) is 0 Å². The van der Waals surface area contributed by atoms with Crippen molar-refractivity contribution in [3.8, 4) is 0 Å². The molecule has 1 aromatic heterocycles. The molecule has 2 rings (SSSR count). The predicted molar refractivity (Wildman–Crippen MR) is 79.8 cm³/mol. The molecule has 0 amide bonds. The molecular formula is C16H23NO3. The summed E-state index contributed by atoms with van der Waals surface area (Å²) >= 11 is 0. The lowest BCUT2D eigenvalue weighted by atomic mass is 10.1. The minimum atomic E-state index is 0.0794. The summed E-state index contributed by atoms with van der Waals surface area (Å²) in [6.07, 6.45) is 0.902. The smallest absolute Gasteiger partial charge is 0.134 e. The minimum Gasteiger partial charge on any atom is -0.461 e. The van der Waals surface area contributed by atoms with Gasteiger partial charge in [-0.1, -0.05) is 25.1 Å². The van der Waals surface area contributed by atoms with Crippen LogP contribution in [0.2, 0.25) is 0 Å². The number of hydrogen-bond acceptors (Lipinski definition) is 4. The molecule has 4 nitrogen and oxygen atoms in total. The molecule has 0 aliphatic heterocycles. The van der Waals surface area contributed by atoms with Gasteiger partial charge in [-0.3, -0.25) is 4.90 Å². The van der Waals surface area contributed by atoms with Gasteiger partial charge in [-0.2, -0.15) is 0 Å². The van der Waals surface area contributed by atoms with E-state index in [4.69, 9.17) is 14.3 Å². The van der Waals surface area contributed by atoms with Gasteiger partial charge in [-0.15, -0.1) is 0 Å². The summed E-state index contributed by atoms with van der Waals surface area (Å²) in [5.41, 5.74) is 2.23. The maximum Gasteiger partial charge on any atom is 0.134 e. The van der Waals surface area contributed by atoms with E-state index < -0.39 is 0 Å². The van der Waals surface area contributed by atoms with Gasteiger partial charge in [0.25, 0.3) is 0 Å². The number of aryl methyl sites for hydroxylation is 1. The van der Waals surface area contributed by atoms with Crippen LogP contribution >= 0.6 is 0 Å². The zero-order chi connectivity index (χ0) is 14.4. The number of benzene rings is 1. The highest BCUT2D eigenvalue weighted by atomic mass is 16.5. The summed E-state index contributed by atoms with van der Waals surface area (Å²) in [4.78, 5) is 2.22. The van der Waals surface area contributed by atoms with E-state index in [2.05, 4.69) is 24.9 Å². The lowest BCUT2D eigenvalue weighted by Gasteiger charge is -2.16. The molecule has 0 atom stereocenters. The van der Waals surface area contributed by atoms with Crippen molar-refractivity contribution in [3.63, 3.8) is 0 Å². The van der Waals surface area contributed by atoms with Crippen molar-refractivity contribution in [2.45, 2.75) is 19.9 Å². The summed E-state index contributed by atoms with van der Waals surface area (Å²) in [6.45, 7) is 4.92. The molecular weight excluding hydrogens is 254 g/mol. The molecule has 0 unspecified atom stereocenters. The molecule has 0 fully saturated rings. The second kappa shape index (κ2) is 7.43. The molecule has 1 N–H and O–H groups in total. The van der Waals surface area contributed by atoms with Crippen LogP contribution in [0.15, 0.2) is 28.7 Å². The summed E-state index contributed by atoms with van der Waals surface area (Å²) < 4.78 is 11.2. The van der Waals surface area contributed by atoms with Gasteiger partial charge < -0.3 is 14.3 Å². The third-order valence-electron chi connectivity index (χ3n) is 3.38. The van der Waals surface area contributed by atoms with Gasteiger partial charge in [-0.05, 0) is 13.1 Å². The van der Waals surface area contributed by atoms with Gasteiger partial charge in [0.05, 0.1) is 19.8 Å². The molecule has 20 heavy (non-hydrogen) atoms. The zero-order valence-electron chi connectivity index (χ0n) is 12.3. The highest BCUT2D eigenvalue weighted by Gasteiger charge is 2.13. The second-order valence-corrected chi connectivity index (χ2v) is 4.93. The Balaban J connectivity index is 2.04. The Labute approximate surface area is 119 Å². The molecule has 2 aromatic rings. The lowest BCUT2D eigenvalue weighted by Crippen LogP contribution is -2.23. The van der Waals surface area contributed by atoms with Crippen LogP contribution in [0.25, 0.3) is 11.0 Å². The number of aliphatic hydroxyl groups excluding tert-OH is 1. The number of rotatable bonds is 8. The zero-order valence-corrected chi connectivity index (χ0v) is 12.3. The molecule has 4 heteroatoms. The first kappa shape index (κ1) is 15.0. The number of fused-ring (bicyclic) bond motifs is 1. The van der Waals surface area contributed by atoms with Gasteiger partial charge >= 0.3 is 0 Å². The first-order chi connectivity index (χ1) is 9.76. The van der Waals surface area contributed by atoms with E-state index in [0.29, 0.717) is 13.2 Å². The van der Waals surface area contributed by atoms with E-state index >= 15 is 0 Å². The summed E-state index contributed by atoms with van der Waals surface area (Å²) in [5, 5.41) is 9.88. The fraction of sp³-hybridized carbons (Fsp3) is 0.500. The number of aliphatic hydroxyl groups is 1. The largest absolute Gasteiger partial charge is 0.461 e. The SMILES string of the molecule is CCc1oc2ccccc2c1CN(C)CCOCCO. The van der Waals surface area contributed by atoms with Gasteiger partial charge in [0, 0.05) is 30.5 Å².